The fourth-order valence-electron chi connectivity index (χ4n) is 18.0. The van der Waals surface area contributed by atoms with E-state index >= 15 is 0 Å². The van der Waals surface area contributed by atoms with E-state index in [1.54, 1.807) is 0 Å². The van der Waals surface area contributed by atoms with Crippen molar-refractivity contribution >= 4 is 99.0 Å². The average molecular weight is 1270 g/mol. The van der Waals surface area contributed by atoms with Gasteiger partial charge in [-0.1, -0.05) is 251 Å². The third-order valence-corrected chi connectivity index (χ3v) is 22.6. The highest BCUT2D eigenvalue weighted by atomic mass is 15.1. The van der Waals surface area contributed by atoms with E-state index in [0.29, 0.717) is 17.5 Å². The monoisotopic (exact) mass is 1270 g/mol. The summed E-state index contributed by atoms with van der Waals surface area (Å²) in [6.07, 6.45) is 0. The minimum Gasteiger partial charge on any atom is -0.310 e. The van der Waals surface area contributed by atoms with Crippen LogP contribution >= 0.6 is 0 Å². The minimum absolute atomic E-state index is 0.234. The molecule has 472 valence electrons. The second kappa shape index (κ2) is 21.5. The lowest BCUT2D eigenvalue weighted by Gasteiger charge is -2.35. The van der Waals surface area contributed by atoms with Gasteiger partial charge >= 0.3 is 0 Å². The van der Waals surface area contributed by atoms with Gasteiger partial charge in [-0.05, 0) is 194 Å². The van der Waals surface area contributed by atoms with Crippen LogP contribution in [0.25, 0.3) is 144 Å². The first-order valence-electron chi connectivity index (χ1n) is 34.9. The number of fused-ring (bicyclic) bond motifs is 17. The van der Waals surface area contributed by atoms with Gasteiger partial charge in [-0.25, -0.2) is 15.0 Å². The quantitative estimate of drug-likeness (QED) is 0.107. The Hall–Kier alpha value is -11.5. The van der Waals surface area contributed by atoms with Gasteiger partial charge in [0.2, 0.25) is 0 Å². The standard InChI is InChI=1S/C93H72BN5/c1-53-42-55(3)82(56(4)43-53)90-95-89(96-91(97-90)83-57(5)44-54(2)45-58(83)6)61-48-80-86-81(49-61)99-79-41-39-72-70-36-23-22-34-68(70)69-35-24-25-37-71(69)84(72)85(79)75-46-60(67-33-21-20-32-66(67)59-26-14-11-15-27-59)47-76(88(75)99)94(86)77-52-65(93(9,10)63-30-18-13-19-31-63)51-74-73-50-64(38-40-78(73)98(80)87(74)77)92(7,8)62-28-16-12-17-29-62/h11-52H,1-10H3. The van der Waals surface area contributed by atoms with Crippen molar-refractivity contribution in [2.75, 3.05) is 0 Å². The Kier molecular flexibility index (Phi) is 12.8. The van der Waals surface area contributed by atoms with Crippen molar-refractivity contribution in [2.45, 2.75) is 80.1 Å². The van der Waals surface area contributed by atoms with E-state index in [1.807, 2.05) is 0 Å². The molecule has 5 heterocycles. The lowest BCUT2D eigenvalue weighted by molar-refractivity contribution is 0.641. The van der Waals surface area contributed by atoms with E-state index in [9.17, 15) is 0 Å². The topological polar surface area (TPSA) is 48.5 Å². The summed E-state index contributed by atoms with van der Waals surface area (Å²) < 4.78 is 5.30. The number of aryl methyl sites for hydroxylation is 6. The van der Waals surface area contributed by atoms with E-state index in [4.69, 9.17) is 15.0 Å². The molecule has 17 aromatic rings. The van der Waals surface area contributed by atoms with Crippen LogP contribution in [0.3, 0.4) is 0 Å². The second-order valence-corrected chi connectivity index (χ2v) is 29.4. The smallest absolute Gasteiger partial charge is 0.252 e. The molecule has 3 aromatic heterocycles. The molecule has 2 aliphatic heterocycles. The summed E-state index contributed by atoms with van der Waals surface area (Å²) in [7, 11) is 0. The van der Waals surface area contributed by atoms with Crippen molar-refractivity contribution in [3.63, 3.8) is 0 Å². The zero-order valence-electron chi connectivity index (χ0n) is 57.6. The maximum atomic E-state index is 5.75. The number of benzene rings is 14. The average Bonchev–Trinajstić information content (AvgIpc) is 1.49. The van der Waals surface area contributed by atoms with Crippen molar-refractivity contribution in [3.05, 3.63) is 310 Å². The first-order valence-corrected chi connectivity index (χ1v) is 34.9. The lowest BCUT2D eigenvalue weighted by atomic mass is 9.34. The maximum absolute atomic E-state index is 5.75. The maximum Gasteiger partial charge on any atom is 0.252 e. The summed E-state index contributed by atoms with van der Waals surface area (Å²) in [5, 5.41) is 12.4. The van der Waals surface area contributed by atoms with Gasteiger partial charge in [0.1, 0.15) is 0 Å². The van der Waals surface area contributed by atoms with Gasteiger partial charge in [0, 0.05) is 76.9 Å². The molecule has 0 N–H and O–H groups in total. The molecule has 0 radical (unpaired) electrons. The van der Waals surface area contributed by atoms with Gasteiger partial charge in [-0.2, -0.15) is 0 Å². The first kappa shape index (κ1) is 58.9. The molecule has 5 nitrogen and oxygen atoms in total. The summed E-state index contributed by atoms with van der Waals surface area (Å²) in [5.74, 6) is 1.97. The van der Waals surface area contributed by atoms with E-state index in [-0.39, 0.29) is 17.5 Å². The Morgan fingerprint density at radius 1 is 0.303 bits per heavy atom. The molecule has 0 saturated heterocycles. The summed E-state index contributed by atoms with van der Waals surface area (Å²) in [6.45, 7) is 22.5. The minimum atomic E-state index is -0.386. The van der Waals surface area contributed by atoms with Gasteiger partial charge in [0.05, 0.1) is 11.0 Å². The van der Waals surface area contributed by atoms with E-state index < -0.39 is 0 Å². The Bertz CT molecular complexity index is 6190. The van der Waals surface area contributed by atoms with Crippen LogP contribution in [0.4, 0.5) is 0 Å². The van der Waals surface area contributed by atoms with Crippen molar-refractivity contribution in [1.82, 2.24) is 24.1 Å². The number of nitrogens with zero attached hydrogens (tertiary/aromatic N) is 5. The first-order chi connectivity index (χ1) is 48.1. The van der Waals surface area contributed by atoms with E-state index in [1.165, 1.54) is 137 Å². The van der Waals surface area contributed by atoms with Crippen molar-refractivity contribution in [1.29, 1.82) is 0 Å². The van der Waals surface area contributed by atoms with Crippen LogP contribution in [0.5, 0.6) is 0 Å². The Morgan fingerprint density at radius 2 is 0.747 bits per heavy atom. The number of rotatable bonds is 9. The van der Waals surface area contributed by atoms with Crippen LogP contribution in [0.15, 0.2) is 255 Å². The highest BCUT2D eigenvalue weighted by Crippen LogP contribution is 2.49. The Balaban J connectivity index is 1.02. The van der Waals surface area contributed by atoms with Crippen LogP contribution in [0, 0.1) is 41.5 Å². The van der Waals surface area contributed by atoms with Crippen molar-refractivity contribution in [2.24, 2.45) is 0 Å². The fraction of sp³-hybridized carbons (Fsp3) is 0.129. The summed E-state index contributed by atoms with van der Waals surface area (Å²) in [6, 6.07) is 96.7. The summed E-state index contributed by atoms with van der Waals surface area (Å²) in [4.78, 5) is 17.0. The number of aromatic nitrogens is 5. The predicted octanol–water partition coefficient (Wildman–Crippen LogP) is 21.5. The molecule has 14 aromatic carbocycles. The largest absolute Gasteiger partial charge is 0.310 e. The van der Waals surface area contributed by atoms with Gasteiger partial charge in [0.15, 0.2) is 17.5 Å². The molecule has 0 bridgehead atoms. The number of hydrogen-bond donors (Lipinski definition) is 0. The molecule has 0 unspecified atom stereocenters. The molecule has 0 saturated carbocycles. The highest BCUT2D eigenvalue weighted by Gasteiger charge is 2.44. The zero-order chi connectivity index (χ0) is 67.1. The third kappa shape index (κ3) is 8.64. The second-order valence-electron chi connectivity index (χ2n) is 29.4. The summed E-state index contributed by atoms with van der Waals surface area (Å²) in [5.41, 5.74) is 29.9. The fourth-order valence-corrected chi connectivity index (χ4v) is 18.0. The molecule has 0 amide bonds. The van der Waals surface area contributed by atoms with E-state index in [0.717, 1.165) is 61.4 Å². The van der Waals surface area contributed by atoms with Crippen molar-refractivity contribution < 1.29 is 0 Å². The van der Waals surface area contributed by atoms with E-state index in [2.05, 4.69) is 333 Å². The molecule has 0 fully saturated rings. The summed E-state index contributed by atoms with van der Waals surface area (Å²) >= 11 is 0. The van der Waals surface area contributed by atoms with Crippen LogP contribution in [0.1, 0.15) is 83.3 Å². The van der Waals surface area contributed by atoms with Gasteiger partial charge in [0.25, 0.3) is 6.71 Å². The zero-order valence-corrected chi connectivity index (χ0v) is 57.6. The van der Waals surface area contributed by atoms with Crippen LogP contribution in [-0.4, -0.2) is 30.8 Å². The highest BCUT2D eigenvalue weighted by molar-refractivity contribution is 7.00. The molecule has 0 atom stereocenters. The van der Waals surface area contributed by atoms with Crippen molar-refractivity contribution in [3.8, 4) is 67.8 Å². The van der Waals surface area contributed by atoms with Crippen LogP contribution < -0.4 is 16.4 Å². The Morgan fingerprint density at radius 3 is 1.33 bits per heavy atom. The van der Waals surface area contributed by atoms with Gasteiger partial charge < -0.3 is 9.13 Å². The third-order valence-electron chi connectivity index (χ3n) is 22.6. The number of hydrogen-bond acceptors (Lipinski definition) is 3. The van der Waals surface area contributed by atoms with Gasteiger partial charge in [-0.3, -0.25) is 0 Å². The molecular weight excluding hydrogens is 1200 g/mol. The normalized spacial score (nSPS) is 12.7. The molecular formula is C93H72BN5. The molecule has 0 aliphatic carbocycles. The van der Waals surface area contributed by atoms with Crippen LogP contribution in [-0.2, 0) is 10.8 Å². The molecule has 2 aliphatic rings. The lowest BCUT2D eigenvalue weighted by Crippen LogP contribution is -2.59. The Labute approximate surface area is 577 Å². The molecule has 6 heteroatoms. The molecule has 0 spiro atoms. The molecule has 99 heavy (non-hydrogen) atoms. The SMILES string of the molecule is Cc1cc(C)c(-c2nc(-c3cc4c5c(c3)-n3c6ccc7c8ccccc8c8ccccc8c7c6c6cc(-c7ccccc7-c7ccccc7)cc(c63)B5c3cc(C(C)(C)c5ccccc5)cc5c6cc(C(C)(C)c7ccccc7)ccc6n-4c35)nc(-c3c(C)cc(C)cc3C)n2)c(C)c1. The van der Waals surface area contributed by atoms with Gasteiger partial charge in [-0.15, -0.1) is 0 Å². The van der Waals surface area contributed by atoms with Crippen LogP contribution in [0.2, 0.25) is 0 Å². The molecule has 19 rings (SSSR count). The predicted molar refractivity (Wildman–Crippen MR) is 418 cm³/mol.